The minimum absolute atomic E-state index is 0.0104. The minimum atomic E-state index is -0.0104. The summed E-state index contributed by atoms with van der Waals surface area (Å²) in [6, 6.07) is 0. The van der Waals surface area contributed by atoms with Crippen LogP contribution in [-0.2, 0) is 9.53 Å². The number of carbonyl (C=O) groups is 1. The fraction of sp³-hybridized carbons (Fsp3) is 0.727. The van der Waals surface area contributed by atoms with Crippen molar-refractivity contribution < 1.29 is 9.53 Å². The Morgan fingerprint density at radius 2 is 2.38 bits per heavy atom. The van der Waals surface area contributed by atoms with Crippen LogP contribution < -0.4 is 0 Å². The summed E-state index contributed by atoms with van der Waals surface area (Å²) < 4.78 is 5.15. The van der Waals surface area contributed by atoms with Crippen LogP contribution in [0.25, 0.3) is 0 Å². The summed E-state index contributed by atoms with van der Waals surface area (Å²) in [4.78, 5) is 10.4. The molecule has 2 nitrogen and oxygen atoms in total. The maximum absolute atomic E-state index is 10.4. The van der Waals surface area contributed by atoms with E-state index in [0.29, 0.717) is 6.47 Å². The second kappa shape index (κ2) is 3.95. The molecule has 74 valence electrons. The van der Waals surface area contributed by atoms with Crippen molar-refractivity contribution in [3.8, 4) is 0 Å². The van der Waals surface area contributed by atoms with E-state index in [1.807, 2.05) is 0 Å². The first-order chi connectivity index (χ1) is 6.11. The van der Waals surface area contributed by atoms with Gasteiger partial charge in [-0.2, -0.15) is 0 Å². The van der Waals surface area contributed by atoms with Crippen molar-refractivity contribution in [2.45, 2.75) is 46.1 Å². The largest absolute Gasteiger partial charge is 0.459 e. The molecule has 0 N–H and O–H groups in total. The van der Waals surface area contributed by atoms with E-state index in [-0.39, 0.29) is 11.5 Å². The Balaban J connectivity index is 2.83. The lowest BCUT2D eigenvalue weighted by Crippen LogP contribution is -2.35. The Bertz CT molecular complexity index is 216. The van der Waals surface area contributed by atoms with Crippen molar-refractivity contribution in [1.82, 2.24) is 0 Å². The van der Waals surface area contributed by atoms with Gasteiger partial charge in [0.2, 0.25) is 0 Å². The Kier molecular flexibility index (Phi) is 3.12. The quantitative estimate of drug-likeness (QED) is 0.495. The van der Waals surface area contributed by atoms with Gasteiger partial charge in [-0.15, -0.1) is 0 Å². The monoisotopic (exact) mass is 182 g/mol. The molecule has 0 heterocycles. The number of hydrogen-bond acceptors (Lipinski definition) is 2. The highest BCUT2D eigenvalue weighted by molar-refractivity contribution is 5.39. The van der Waals surface area contributed by atoms with Gasteiger partial charge >= 0.3 is 0 Å². The Morgan fingerprint density at radius 1 is 1.69 bits per heavy atom. The first-order valence-corrected chi connectivity index (χ1v) is 4.90. The molecular weight excluding hydrogens is 164 g/mol. The summed E-state index contributed by atoms with van der Waals surface area (Å²) in [5.41, 5.74) is 1.37. The average molecular weight is 182 g/mol. The molecule has 0 amide bonds. The van der Waals surface area contributed by atoms with Crippen LogP contribution in [0.2, 0.25) is 0 Å². The summed E-state index contributed by atoms with van der Waals surface area (Å²) in [6.45, 7) is 6.99. The summed E-state index contributed by atoms with van der Waals surface area (Å²) in [7, 11) is 0. The molecule has 0 radical (unpaired) electrons. The summed E-state index contributed by atoms with van der Waals surface area (Å²) in [5.74, 6) is 0. The zero-order valence-corrected chi connectivity index (χ0v) is 8.67. The standard InChI is InChI=1S/C11H18O2/c1-4-9-6-5-7-11(2,3)10(9)13-8-12/h6,8,10H,4-5,7H2,1-3H3. The molecule has 1 aliphatic carbocycles. The van der Waals surface area contributed by atoms with Gasteiger partial charge in [-0.05, 0) is 24.8 Å². The molecule has 0 bridgehead atoms. The molecule has 0 aromatic rings. The highest BCUT2D eigenvalue weighted by Gasteiger charge is 2.35. The molecule has 0 fully saturated rings. The minimum Gasteiger partial charge on any atom is -0.459 e. The van der Waals surface area contributed by atoms with E-state index in [9.17, 15) is 4.79 Å². The van der Waals surface area contributed by atoms with E-state index in [1.54, 1.807) is 0 Å². The molecule has 1 aliphatic rings. The molecule has 2 heteroatoms. The van der Waals surface area contributed by atoms with Crippen LogP contribution in [0.3, 0.4) is 0 Å². The van der Waals surface area contributed by atoms with Crippen molar-refractivity contribution in [2.24, 2.45) is 5.41 Å². The molecular formula is C11H18O2. The lowest BCUT2D eigenvalue weighted by atomic mass is 9.74. The molecule has 1 unspecified atom stereocenters. The van der Waals surface area contributed by atoms with Crippen molar-refractivity contribution in [3.05, 3.63) is 11.6 Å². The summed E-state index contributed by atoms with van der Waals surface area (Å²) >= 11 is 0. The van der Waals surface area contributed by atoms with Gasteiger partial charge in [0.15, 0.2) is 0 Å². The smallest absolute Gasteiger partial charge is 0.293 e. The van der Waals surface area contributed by atoms with E-state index < -0.39 is 0 Å². The molecule has 0 aromatic heterocycles. The van der Waals surface area contributed by atoms with E-state index in [1.165, 1.54) is 5.57 Å². The van der Waals surface area contributed by atoms with Gasteiger partial charge in [0.1, 0.15) is 6.10 Å². The van der Waals surface area contributed by atoms with Gasteiger partial charge < -0.3 is 4.74 Å². The van der Waals surface area contributed by atoms with Crippen LogP contribution in [0.1, 0.15) is 40.0 Å². The Hall–Kier alpha value is -0.790. The molecule has 1 atom stereocenters. The highest BCUT2D eigenvalue weighted by atomic mass is 16.5. The van der Waals surface area contributed by atoms with Gasteiger partial charge in [0.25, 0.3) is 6.47 Å². The third kappa shape index (κ3) is 2.11. The number of ether oxygens (including phenoxy) is 1. The van der Waals surface area contributed by atoms with Crippen LogP contribution in [0.15, 0.2) is 11.6 Å². The van der Waals surface area contributed by atoms with Crippen LogP contribution >= 0.6 is 0 Å². The lowest BCUT2D eigenvalue weighted by molar-refractivity contribution is -0.137. The number of rotatable bonds is 3. The maximum Gasteiger partial charge on any atom is 0.293 e. The molecule has 13 heavy (non-hydrogen) atoms. The molecule has 0 aliphatic heterocycles. The molecule has 0 saturated carbocycles. The second-order valence-corrected chi connectivity index (χ2v) is 4.27. The lowest BCUT2D eigenvalue weighted by Gasteiger charge is -2.37. The van der Waals surface area contributed by atoms with E-state index in [2.05, 4.69) is 26.8 Å². The maximum atomic E-state index is 10.4. The van der Waals surface area contributed by atoms with Crippen LogP contribution in [0.4, 0.5) is 0 Å². The third-order valence-corrected chi connectivity index (χ3v) is 2.84. The molecule has 0 spiro atoms. The molecule has 1 rings (SSSR count). The fourth-order valence-electron chi connectivity index (χ4n) is 2.03. The number of carbonyl (C=O) groups excluding carboxylic acids is 1. The zero-order chi connectivity index (χ0) is 9.90. The first-order valence-electron chi connectivity index (χ1n) is 4.90. The fourth-order valence-corrected chi connectivity index (χ4v) is 2.03. The van der Waals surface area contributed by atoms with E-state index >= 15 is 0 Å². The van der Waals surface area contributed by atoms with Crippen LogP contribution in [-0.4, -0.2) is 12.6 Å². The topological polar surface area (TPSA) is 26.3 Å². The van der Waals surface area contributed by atoms with Crippen molar-refractivity contribution in [1.29, 1.82) is 0 Å². The summed E-state index contributed by atoms with van der Waals surface area (Å²) in [6.07, 6.45) is 5.37. The van der Waals surface area contributed by atoms with Crippen LogP contribution in [0.5, 0.6) is 0 Å². The molecule has 0 aromatic carbocycles. The average Bonchev–Trinajstić information content (AvgIpc) is 2.08. The van der Waals surface area contributed by atoms with Gasteiger partial charge in [0, 0.05) is 5.41 Å². The van der Waals surface area contributed by atoms with Crippen molar-refractivity contribution in [3.63, 3.8) is 0 Å². The SMILES string of the molecule is CCC1=CCCC(C)(C)C1OC=O. The predicted octanol–water partition coefficient (Wildman–Crippen LogP) is 2.68. The Morgan fingerprint density at radius 3 is 2.92 bits per heavy atom. The van der Waals surface area contributed by atoms with E-state index in [0.717, 1.165) is 19.3 Å². The normalized spacial score (nSPS) is 26.4. The van der Waals surface area contributed by atoms with Gasteiger partial charge in [-0.3, -0.25) is 4.79 Å². The highest BCUT2D eigenvalue weighted by Crippen LogP contribution is 2.38. The van der Waals surface area contributed by atoms with Crippen molar-refractivity contribution >= 4 is 6.47 Å². The van der Waals surface area contributed by atoms with E-state index in [4.69, 9.17) is 4.74 Å². The number of allylic oxidation sites excluding steroid dienone is 1. The predicted molar refractivity (Wildman–Crippen MR) is 52.3 cm³/mol. The Labute approximate surface area is 80.0 Å². The number of hydrogen-bond donors (Lipinski definition) is 0. The third-order valence-electron chi connectivity index (χ3n) is 2.84. The van der Waals surface area contributed by atoms with Crippen LogP contribution in [0, 0.1) is 5.41 Å². The van der Waals surface area contributed by atoms with Crippen molar-refractivity contribution in [2.75, 3.05) is 0 Å². The first kappa shape index (κ1) is 10.3. The van der Waals surface area contributed by atoms with Gasteiger partial charge in [-0.1, -0.05) is 26.8 Å². The zero-order valence-electron chi connectivity index (χ0n) is 8.67. The molecule has 0 saturated heterocycles. The second-order valence-electron chi connectivity index (χ2n) is 4.27. The summed E-state index contributed by atoms with van der Waals surface area (Å²) in [5, 5.41) is 0. The van der Waals surface area contributed by atoms with Gasteiger partial charge in [0.05, 0.1) is 0 Å². The van der Waals surface area contributed by atoms with Gasteiger partial charge in [-0.25, -0.2) is 0 Å².